The van der Waals surface area contributed by atoms with Crippen molar-refractivity contribution in [2.24, 2.45) is 0 Å². The molecule has 2 N–H and O–H groups in total. The zero-order valence-corrected chi connectivity index (χ0v) is 11.1. The standard InChI is InChI=1S/C14H10F2N2OS/c15-12-6-11(18)4-5-13(12)20(19)8-10-3-1-2-9(7-17)14(10)16/h1-6H,8,18H2. The molecule has 2 aromatic rings. The molecule has 0 amide bonds. The lowest BCUT2D eigenvalue weighted by molar-refractivity contribution is 0.594. The van der Waals surface area contributed by atoms with Crippen LogP contribution in [0, 0.1) is 23.0 Å². The van der Waals surface area contributed by atoms with Crippen LogP contribution in [0.4, 0.5) is 14.5 Å². The number of nitrogen functional groups attached to an aromatic ring is 1. The summed E-state index contributed by atoms with van der Waals surface area (Å²) in [6.45, 7) is 0. The first-order chi connectivity index (χ1) is 9.52. The molecule has 0 spiro atoms. The molecule has 2 aromatic carbocycles. The van der Waals surface area contributed by atoms with Crippen LogP contribution < -0.4 is 5.73 Å². The summed E-state index contributed by atoms with van der Waals surface area (Å²) in [5, 5.41) is 8.73. The molecule has 1 atom stereocenters. The van der Waals surface area contributed by atoms with Crippen LogP contribution in [0.3, 0.4) is 0 Å². The number of nitrogens with two attached hydrogens (primary N) is 1. The third kappa shape index (κ3) is 2.83. The Morgan fingerprint density at radius 1 is 1.25 bits per heavy atom. The molecule has 3 nitrogen and oxygen atoms in total. The quantitative estimate of drug-likeness (QED) is 0.884. The average Bonchev–Trinajstić information content (AvgIpc) is 2.41. The lowest BCUT2D eigenvalue weighted by Crippen LogP contribution is -2.03. The van der Waals surface area contributed by atoms with Gasteiger partial charge in [0.15, 0.2) is 0 Å². The average molecular weight is 292 g/mol. The summed E-state index contributed by atoms with van der Waals surface area (Å²) >= 11 is 0. The van der Waals surface area contributed by atoms with Crippen molar-refractivity contribution in [3.8, 4) is 6.07 Å². The van der Waals surface area contributed by atoms with Gasteiger partial charge >= 0.3 is 0 Å². The van der Waals surface area contributed by atoms with E-state index in [1.165, 1.54) is 30.3 Å². The third-order valence-electron chi connectivity index (χ3n) is 2.69. The molecule has 6 heteroatoms. The van der Waals surface area contributed by atoms with Crippen molar-refractivity contribution >= 4 is 16.5 Å². The molecule has 0 aliphatic heterocycles. The lowest BCUT2D eigenvalue weighted by Gasteiger charge is -2.06. The van der Waals surface area contributed by atoms with E-state index < -0.39 is 22.4 Å². The second-order valence-corrected chi connectivity index (χ2v) is 5.49. The highest BCUT2D eigenvalue weighted by Gasteiger charge is 2.15. The van der Waals surface area contributed by atoms with Crippen LogP contribution in [0.5, 0.6) is 0 Å². The van der Waals surface area contributed by atoms with Gasteiger partial charge in [-0.3, -0.25) is 4.21 Å². The zero-order chi connectivity index (χ0) is 14.7. The van der Waals surface area contributed by atoms with Gasteiger partial charge in [0, 0.05) is 11.3 Å². The lowest BCUT2D eigenvalue weighted by atomic mass is 10.1. The van der Waals surface area contributed by atoms with Gasteiger partial charge < -0.3 is 5.73 Å². The Morgan fingerprint density at radius 2 is 2.00 bits per heavy atom. The van der Waals surface area contributed by atoms with E-state index in [2.05, 4.69) is 0 Å². The van der Waals surface area contributed by atoms with Gasteiger partial charge in [0.25, 0.3) is 0 Å². The first kappa shape index (κ1) is 14.2. The predicted molar refractivity (Wildman–Crippen MR) is 72.0 cm³/mol. The molecule has 0 heterocycles. The smallest absolute Gasteiger partial charge is 0.145 e. The van der Waals surface area contributed by atoms with Gasteiger partial charge in [-0.25, -0.2) is 8.78 Å². The Balaban J connectivity index is 2.31. The predicted octanol–water partition coefficient (Wildman–Crippen LogP) is 2.73. The van der Waals surface area contributed by atoms with Crippen molar-refractivity contribution in [3.63, 3.8) is 0 Å². The summed E-state index contributed by atoms with van der Waals surface area (Å²) in [5.41, 5.74) is 5.61. The highest BCUT2D eigenvalue weighted by atomic mass is 32.2. The Bertz CT molecular complexity index is 726. The van der Waals surface area contributed by atoms with Gasteiger partial charge in [-0.15, -0.1) is 0 Å². The molecule has 0 aromatic heterocycles. The molecule has 102 valence electrons. The van der Waals surface area contributed by atoms with E-state index in [0.717, 1.165) is 6.07 Å². The third-order valence-corrected chi connectivity index (χ3v) is 4.08. The number of nitriles is 1. The molecule has 0 aliphatic rings. The van der Waals surface area contributed by atoms with Gasteiger partial charge in [-0.2, -0.15) is 5.26 Å². The molecule has 0 saturated carbocycles. The van der Waals surface area contributed by atoms with E-state index in [-0.39, 0.29) is 27.5 Å². The molecule has 0 bridgehead atoms. The minimum atomic E-state index is -1.75. The number of anilines is 1. The van der Waals surface area contributed by atoms with Crippen molar-refractivity contribution in [1.82, 2.24) is 0 Å². The normalized spacial score (nSPS) is 11.8. The van der Waals surface area contributed by atoms with Crippen molar-refractivity contribution in [1.29, 1.82) is 5.26 Å². The van der Waals surface area contributed by atoms with E-state index in [4.69, 9.17) is 11.0 Å². The first-order valence-corrected chi connectivity index (χ1v) is 6.95. The van der Waals surface area contributed by atoms with E-state index in [1.807, 2.05) is 0 Å². The minimum Gasteiger partial charge on any atom is -0.399 e. The van der Waals surface area contributed by atoms with E-state index in [1.54, 1.807) is 6.07 Å². The SMILES string of the molecule is N#Cc1cccc(CS(=O)c2ccc(N)cc2F)c1F. The zero-order valence-electron chi connectivity index (χ0n) is 10.3. The number of nitrogens with zero attached hydrogens (tertiary/aromatic N) is 1. The fraction of sp³-hybridized carbons (Fsp3) is 0.0714. The Hall–Kier alpha value is -2.26. The van der Waals surface area contributed by atoms with Gasteiger partial charge in [-0.05, 0) is 24.3 Å². The summed E-state index contributed by atoms with van der Waals surface area (Å²) in [6, 6.07) is 9.75. The molecular formula is C14H10F2N2OS. The monoisotopic (exact) mass is 292 g/mol. The summed E-state index contributed by atoms with van der Waals surface area (Å²) in [5.74, 6) is -1.62. The minimum absolute atomic E-state index is 0.0408. The number of benzene rings is 2. The highest BCUT2D eigenvalue weighted by Crippen LogP contribution is 2.20. The molecule has 1 unspecified atom stereocenters. The molecule has 0 saturated heterocycles. The van der Waals surface area contributed by atoms with Gasteiger partial charge in [0.05, 0.1) is 27.0 Å². The number of halogens is 2. The van der Waals surface area contributed by atoms with Crippen LogP contribution >= 0.6 is 0 Å². The summed E-state index contributed by atoms with van der Waals surface area (Å²) in [6.07, 6.45) is 0. The molecule has 2 rings (SSSR count). The maximum absolute atomic E-state index is 13.8. The molecular weight excluding hydrogens is 282 g/mol. The number of hydrogen-bond acceptors (Lipinski definition) is 3. The summed E-state index contributed by atoms with van der Waals surface area (Å²) < 4.78 is 39.6. The van der Waals surface area contributed by atoms with E-state index in [9.17, 15) is 13.0 Å². The van der Waals surface area contributed by atoms with E-state index in [0.29, 0.717) is 0 Å². The Labute approximate surface area is 117 Å². The number of hydrogen-bond donors (Lipinski definition) is 1. The van der Waals surface area contributed by atoms with Gasteiger partial charge in [0.1, 0.15) is 17.7 Å². The second-order valence-electron chi connectivity index (χ2n) is 4.07. The van der Waals surface area contributed by atoms with Crippen LogP contribution in [-0.4, -0.2) is 4.21 Å². The summed E-state index contributed by atoms with van der Waals surface area (Å²) in [4.78, 5) is -0.0408. The van der Waals surface area contributed by atoms with Crippen LogP contribution in [-0.2, 0) is 16.6 Å². The summed E-state index contributed by atoms with van der Waals surface area (Å²) in [7, 11) is -1.75. The number of rotatable bonds is 3. The molecule has 20 heavy (non-hydrogen) atoms. The second kappa shape index (κ2) is 5.80. The molecule has 0 radical (unpaired) electrons. The van der Waals surface area contributed by atoms with Crippen LogP contribution in [0.25, 0.3) is 0 Å². The van der Waals surface area contributed by atoms with Crippen LogP contribution in [0.2, 0.25) is 0 Å². The van der Waals surface area contributed by atoms with Crippen LogP contribution in [0.15, 0.2) is 41.3 Å². The maximum atomic E-state index is 13.8. The molecule has 0 aliphatic carbocycles. The maximum Gasteiger partial charge on any atom is 0.145 e. The van der Waals surface area contributed by atoms with Gasteiger partial charge in [-0.1, -0.05) is 12.1 Å². The van der Waals surface area contributed by atoms with Gasteiger partial charge in [0.2, 0.25) is 0 Å². The topological polar surface area (TPSA) is 66.9 Å². The molecule has 0 fully saturated rings. The highest BCUT2D eigenvalue weighted by molar-refractivity contribution is 7.84. The van der Waals surface area contributed by atoms with Crippen molar-refractivity contribution in [3.05, 3.63) is 59.2 Å². The Kier molecular flexibility index (Phi) is 4.11. The fourth-order valence-corrected chi connectivity index (χ4v) is 2.86. The van der Waals surface area contributed by atoms with Crippen LogP contribution in [0.1, 0.15) is 11.1 Å². The van der Waals surface area contributed by atoms with E-state index >= 15 is 0 Å². The van der Waals surface area contributed by atoms with Crippen molar-refractivity contribution in [2.45, 2.75) is 10.6 Å². The largest absolute Gasteiger partial charge is 0.399 e. The first-order valence-electron chi connectivity index (χ1n) is 5.64. The fourth-order valence-electron chi connectivity index (χ4n) is 1.70. The van der Waals surface area contributed by atoms with Crippen molar-refractivity contribution in [2.75, 3.05) is 5.73 Å². The van der Waals surface area contributed by atoms with Crippen molar-refractivity contribution < 1.29 is 13.0 Å². The Morgan fingerprint density at radius 3 is 2.65 bits per heavy atom.